The van der Waals surface area contributed by atoms with Crippen molar-refractivity contribution >= 4 is 15.9 Å². The fraction of sp³-hybridized carbons (Fsp3) is 0.696. The second kappa shape index (κ2) is 12.6. The Morgan fingerprint density at radius 1 is 0.969 bits per heavy atom. The van der Waals surface area contributed by atoms with Gasteiger partial charge in [0.25, 0.3) is 5.91 Å². The lowest BCUT2D eigenvalue weighted by atomic mass is 10.1. The molecule has 0 unspecified atom stereocenters. The van der Waals surface area contributed by atoms with E-state index < -0.39 is 10.0 Å². The van der Waals surface area contributed by atoms with E-state index in [1.54, 1.807) is 18.2 Å². The zero-order valence-corrected chi connectivity index (χ0v) is 20.0. The average molecular weight is 468 g/mol. The molecular formula is C23H37N3O5S. The van der Waals surface area contributed by atoms with Crippen LogP contribution in [0.2, 0.25) is 0 Å². The Morgan fingerprint density at radius 3 is 2.34 bits per heavy atom. The monoisotopic (exact) mass is 467 g/mol. The van der Waals surface area contributed by atoms with E-state index >= 15 is 0 Å². The van der Waals surface area contributed by atoms with Gasteiger partial charge in [-0.1, -0.05) is 32.3 Å². The minimum absolute atomic E-state index is 0.103. The summed E-state index contributed by atoms with van der Waals surface area (Å²) in [5.74, 6) is -0.103. The summed E-state index contributed by atoms with van der Waals surface area (Å²) >= 11 is 0. The van der Waals surface area contributed by atoms with Crippen LogP contribution in [0.1, 0.15) is 43.0 Å². The predicted octanol–water partition coefficient (Wildman–Crippen LogP) is 2.06. The maximum atomic E-state index is 13.4. The molecule has 0 radical (unpaired) electrons. The molecule has 2 fully saturated rings. The van der Waals surface area contributed by atoms with E-state index in [4.69, 9.17) is 9.47 Å². The Morgan fingerprint density at radius 2 is 1.66 bits per heavy atom. The van der Waals surface area contributed by atoms with Gasteiger partial charge in [0, 0.05) is 51.4 Å². The van der Waals surface area contributed by atoms with Gasteiger partial charge in [-0.15, -0.1) is 0 Å². The van der Waals surface area contributed by atoms with Gasteiger partial charge in [-0.05, 0) is 24.6 Å². The van der Waals surface area contributed by atoms with Gasteiger partial charge < -0.3 is 14.4 Å². The van der Waals surface area contributed by atoms with Crippen molar-refractivity contribution in [2.75, 3.05) is 72.2 Å². The number of benzene rings is 1. The predicted molar refractivity (Wildman–Crippen MR) is 123 cm³/mol. The van der Waals surface area contributed by atoms with Crippen LogP contribution in [0.4, 0.5) is 0 Å². The van der Waals surface area contributed by atoms with Crippen LogP contribution in [0.3, 0.4) is 0 Å². The number of carbonyl (C=O) groups excluding carboxylic acids is 1. The summed E-state index contributed by atoms with van der Waals surface area (Å²) in [6.07, 6.45) is 4.33. The van der Waals surface area contributed by atoms with E-state index in [0.717, 1.165) is 58.5 Å². The van der Waals surface area contributed by atoms with Crippen molar-refractivity contribution < 1.29 is 22.7 Å². The lowest BCUT2D eigenvalue weighted by Gasteiger charge is -2.30. The molecule has 2 aliphatic heterocycles. The summed E-state index contributed by atoms with van der Waals surface area (Å²) in [5, 5.41) is 0. The van der Waals surface area contributed by atoms with Gasteiger partial charge in [0.2, 0.25) is 10.0 Å². The maximum Gasteiger partial charge on any atom is 0.253 e. The van der Waals surface area contributed by atoms with Crippen LogP contribution < -0.4 is 0 Å². The number of ether oxygens (including phenoxy) is 2. The quantitative estimate of drug-likeness (QED) is 0.464. The zero-order chi connectivity index (χ0) is 22.8. The third-order valence-electron chi connectivity index (χ3n) is 6.05. The average Bonchev–Trinajstić information content (AvgIpc) is 2.84. The first-order chi connectivity index (χ1) is 15.5. The number of morpholine rings is 2. The molecule has 0 atom stereocenters. The molecule has 0 aromatic heterocycles. The van der Waals surface area contributed by atoms with E-state index in [0.29, 0.717) is 45.0 Å². The third-order valence-corrected chi connectivity index (χ3v) is 7.94. The topological polar surface area (TPSA) is 79.4 Å². The van der Waals surface area contributed by atoms with Gasteiger partial charge in [0.15, 0.2) is 0 Å². The molecular weight excluding hydrogens is 430 g/mol. The number of nitrogens with zero attached hydrogens (tertiary/aromatic N) is 3. The zero-order valence-electron chi connectivity index (χ0n) is 19.2. The highest BCUT2D eigenvalue weighted by Crippen LogP contribution is 2.19. The van der Waals surface area contributed by atoms with Crippen molar-refractivity contribution in [1.29, 1.82) is 0 Å². The Kier molecular flexibility index (Phi) is 9.92. The molecule has 32 heavy (non-hydrogen) atoms. The Labute approximate surface area is 192 Å². The molecule has 0 bridgehead atoms. The van der Waals surface area contributed by atoms with E-state index in [9.17, 15) is 13.2 Å². The molecule has 1 aromatic rings. The van der Waals surface area contributed by atoms with E-state index in [2.05, 4.69) is 11.8 Å². The molecule has 2 heterocycles. The fourth-order valence-corrected chi connectivity index (χ4v) is 5.49. The summed E-state index contributed by atoms with van der Waals surface area (Å²) < 4.78 is 38.2. The van der Waals surface area contributed by atoms with Crippen molar-refractivity contribution in [1.82, 2.24) is 14.1 Å². The van der Waals surface area contributed by atoms with E-state index in [1.807, 2.05) is 4.90 Å². The molecule has 1 aromatic carbocycles. The van der Waals surface area contributed by atoms with Crippen LogP contribution in [0.5, 0.6) is 0 Å². The molecule has 0 saturated carbocycles. The molecule has 0 spiro atoms. The van der Waals surface area contributed by atoms with E-state index in [-0.39, 0.29) is 10.8 Å². The molecule has 3 rings (SSSR count). The SMILES string of the molecule is CCCCCCN(CCN1CCOCC1)C(=O)c1cccc(S(=O)(=O)N2CCOCC2)c1. The van der Waals surface area contributed by atoms with Crippen molar-refractivity contribution in [3.8, 4) is 0 Å². The van der Waals surface area contributed by atoms with Gasteiger partial charge in [0.05, 0.1) is 31.3 Å². The van der Waals surface area contributed by atoms with Crippen LogP contribution in [-0.4, -0.2) is 101 Å². The Bertz CT molecular complexity index is 821. The number of carbonyl (C=O) groups is 1. The van der Waals surface area contributed by atoms with Crippen molar-refractivity contribution in [3.05, 3.63) is 29.8 Å². The van der Waals surface area contributed by atoms with Crippen LogP contribution >= 0.6 is 0 Å². The first-order valence-electron chi connectivity index (χ1n) is 11.8. The summed E-state index contributed by atoms with van der Waals surface area (Å²) in [4.78, 5) is 17.8. The molecule has 180 valence electrons. The minimum atomic E-state index is -3.64. The number of sulfonamides is 1. The highest BCUT2D eigenvalue weighted by molar-refractivity contribution is 7.89. The maximum absolute atomic E-state index is 13.4. The fourth-order valence-electron chi connectivity index (χ4n) is 4.04. The summed E-state index contributed by atoms with van der Waals surface area (Å²) in [6.45, 7) is 8.96. The van der Waals surface area contributed by atoms with Gasteiger partial charge in [-0.3, -0.25) is 9.69 Å². The van der Waals surface area contributed by atoms with Gasteiger partial charge in [-0.25, -0.2) is 8.42 Å². The molecule has 0 N–H and O–H groups in total. The second-order valence-electron chi connectivity index (χ2n) is 8.35. The van der Waals surface area contributed by atoms with Crippen LogP contribution in [0.15, 0.2) is 29.2 Å². The number of amides is 1. The van der Waals surface area contributed by atoms with Crippen molar-refractivity contribution in [2.45, 2.75) is 37.5 Å². The van der Waals surface area contributed by atoms with Crippen LogP contribution in [0, 0.1) is 0 Å². The number of rotatable bonds is 11. The highest BCUT2D eigenvalue weighted by Gasteiger charge is 2.27. The third kappa shape index (κ3) is 6.99. The van der Waals surface area contributed by atoms with Gasteiger partial charge >= 0.3 is 0 Å². The minimum Gasteiger partial charge on any atom is -0.379 e. The van der Waals surface area contributed by atoms with Crippen molar-refractivity contribution in [2.24, 2.45) is 0 Å². The van der Waals surface area contributed by atoms with Crippen molar-refractivity contribution in [3.63, 3.8) is 0 Å². The molecule has 2 saturated heterocycles. The molecule has 1 amide bonds. The lowest BCUT2D eigenvalue weighted by Crippen LogP contribution is -2.43. The molecule has 0 aliphatic carbocycles. The molecule has 9 heteroatoms. The smallest absolute Gasteiger partial charge is 0.253 e. The Balaban J connectivity index is 1.71. The second-order valence-corrected chi connectivity index (χ2v) is 10.3. The van der Waals surface area contributed by atoms with E-state index in [1.165, 1.54) is 10.4 Å². The Hall–Kier alpha value is -1.52. The highest BCUT2D eigenvalue weighted by atomic mass is 32.2. The van der Waals surface area contributed by atoms with Crippen LogP contribution in [0.25, 0.3) is 0 Å². The van der Waals surface area contributed by atoms with Gasteiger partial charge in [-0.2, -0.15) is 4.31 Å². The van der Waals surface area contributed by atoms with Gasteiger partial charge in [0.1, 0.15) is 0 Å². The normalized spacial score (nSPS) is 18.5. The lowest BCUT2D eigenvalue weighted by molar-refractivity contribution is 0.0324. The number of hydrogen-bond acceptors (Lipinski definition) is 6. The number of unbranched alkanes of at least 4 members (excludes halogenated alkanes) is 3. The standard InChI is InChI=1S/C23H37N3O5S/c1-2-3-4-5-9-25(11-10-24-12-16-30-17-13-24)23(27)21-7-6-8-22(20-21)32(28,29)26-14-18-31-19-15-26/h6-8,20H,2-5,9-19H2,1H3. The molecule has 8 nitrogen and oxygen atoms in total. The summed E-state index contributed by atoms with van der Waals surface area (Å²) in [6, 6.07) is 6.48. The molecule has 2 aliphatic rings. The largest absolute Gasteiger partial charge is 0.379 e. The first kappa shape index (κ1) is 25.1. The summed E-state index contributed by atoms with van der Waals surface area (Å²) in [7, 11) is -3.64. The summed E-state index contributed by atoms with van der Waals surface area (Å²) in [5.41, 5.74) is 0.428. The number of hydrogen-bond donors (Lipinski definition) is 0. The first-order valence-corrected chi connectivity index (χ1v) is 13.2. The van der Waals surface area contributed by atoms with Crippen LogP contribution in [-0.2, 0) is 19.5 Å².